The molecule has 0 atom stereocenters. The van der Waals surface area contributed by atoms with Crippen molar-refractivity contribution in [2.75, 3.05) is 18.6 Å². The van der Waals surface area contributed by atoms with Crippen molar-refractivity contribution in [3.05, 3.63) is 42.2 Å². The third-order valence-corrected chi connectivity index (χ3v) is 2.50. The lowest BCUT2D eigenvalue weighted by molar-refractivity contribution is 0.671. The van der Waals surface area contributed by atoms with Crippen LogP contribution in [0.2, 0.25) is 0 Å². The predicted molar refractivity (Wildman–Crippen MR) is 73.2 cm³/mol. The molecule has 4 heteroatoms. The van der Waals surface area contributed by atoms with E-state index in [1.807, 2.05) is 37.4 Å². The topological polar surface area (TPSA) is 67.3 Å². The Kier molecular flexibility index (Phi) is 6.14. The minimum atomic E-state index is 0.812. The van der Waals surface area contributed by atoms with E-state index < -0.39 is 0 Å². The van der Waals surface area contributed by atoms with Crippen LogP contribution in [-0.2, 0) is 0 Å². The van der Waals surface area contributed by atoms with Crippen LogP contribution in [0.1, 0.15) is 19.3 Å². The summed E-state index contributed by atoms with van der Waals surface area (Å²) in [5, 5.41) is 4.68. The summed E-state index contributed by atoms with van der Waals surface area (Å²) in [7, 11) is 1.95. The minimum absolute atomic E-state index is 0.812. The van der Waals surface area contributed by atoms with Gasteiger partial charge in [0.25, 0.3) is 0 Å². The van der Waals surface area contributed by atoms with Gasteiger partial charge in [0.05, 0.1) is 5.69 Å². The Morgan fingerprint density at radius 2 is 2.00 bits per heavy atom. The van der Waals surface area contributed by atoms with Crippen LogP contribution in [0.4, 0.5) is 5.69 Å². The van der Waals surface area contributed by atoms with Gasteiger partial charge in [0, 0.05) is 11.9 Å². The number of hydrogen-bond acceptors (Lipinski definition) is 4. The Morgan fingerprint density at radius 1 is 1.29 bits per heavy atom. The zero-order valence-corrected chi connectivity index (χ0v) is 10.4. The zero-order valence-electron chi connectivity index (χ0n) is 10.4. The summed E-state index contributed by atoms with van der Waals surface area (Å²) >= 11 is 0. The average Bonchev–Trinajstić information content (AvgIpc) is 2.36. The predicted octanol–water partition coefficient (Wildman–Crippen LogP) is 1.56. The van der Waals surface area contributed by atoms with Crippen LogP contribution in [0, 0.1) is 0 Å². The van der Waals surface area contributed by atoms with Gasteiger partial charge in [0.2, 0.25) is 0 Å². The van der Waals surface area contributed by atoms with Crippen LogP contribution >= 0.6 is 0 Å². The van der Waals surface area contributed by atoms with Gasteiger partial charge in [-0.25, -0.2) is 5.84 Å². The number of benzene rings is 1. The molecule has 0 aliphatic carbocycles. The molecule has 0 saturated heterocycles. The monoisotopic (exact) mass is 234 g/mol. The van der Waals surface area contributed by atoms with E-state index >= 15 is 0 Å². The maximum absolute atomic E-state index is 5.91. The summed E-state index contributed by atoms with van der Waals surface area (Å²) in [4.78, 5) is 0. The molecule has 94 valence electrons. The molecular formula is C13H22N4. The second-order valence-electron chi connectivity index (χ2n) is 4.01. The molecule has 0 spiro atoms. The fourth-order valence-electron chi connectivity index (χ4n) is 1.55. The summed E-state index contributed by atoms with van der Waals surface area (Å²) in [5.41, 5.74) is 7.66. The van der Waals surface area contributed by atoms with Crippen LogP contribution in [0.5, 0.6) is 0 Å². The van der Waals surface area contributed by atoms with Crippen LogP contribution in [0.3, 0.4) is 0 Å². The molecule has 0 aliphatic rings. The molecule has 0 aliphatic heterocycles. The number of nitrogens with two attached hydrogens (primary N) is 2. The highest BCUT2D eigenvalue weighted by Crippen LogP contribution is 2.11. The quantitative estimate of drug-likeness (QED) is 0.380. The highest BCUT2D eigenvalue weighted by molar-refractivity contribution is 5.47. The van der Waals surface area contributed by atoms with E-state index in [0.717, 1.165) is 37.2 Å². The van der Waals surface area contributed by atoms with Gasteiger partial charge < -0.3 is 11.1 Å². The van der Waals surface area contributed by atoms with Crippen molar-refractivity contribution in [2.24, 2.45) is 11.6 Å². The average molecular weight is 234 g/mol. The lowest BCUT2D eigenvalue weighted by atomic mass is 10.2. The van der Waals surface area contributed by atoms with E-state index in [4.69, 9.17) is 11.6 Å². The van der Waals surface area contributed by atoms with E-state index in [-0.39, 0.29) is 0 Å². The SMILES string of the molecule is CNCCCC/C(N)=C/N(N)c1ccccc1. The summed E-state index contributed by atoms with van der Waals surface area (Å²) in [6.45, 7) is 1.03. The van der Waals surface area contributed by atoms with Crippen molar-refractivity contribution in [3.63, 3.8) is 0 Å². The van der Waals surface area contributed by atoms with Gasteiger partial charge in [0.1, 0.15) is 0 Å². The van der Waals surface area contributed by atoms with E-state index in [9.17, 15) is 0 Å². The minimum Gasteiger partial charge on any atom is -0.401 e. The molecule has 0 fully saturated rings. The molecule has 1 aromatic rings. The largest absolute Gasteiger partial charge is 0.401 e. The van der Waals surface area contributed by atoms with Crippen molar-refractivity contribution >= 4 is 5.69 Å². The van der Waals surface area contributed by atoms with Gasteiger partial charge >= 0.3 is 0 Å². The normalized spacial score (nSPS) is 11.5. The molecule has 0 aromatic heterocycles. The van der Waals surface area contributed by atoms with Gasteiger partial charge in [-0.3, -0.25) is 5.01 Å². The van der Waals surface area contributed by atoms with Crippen LogP contribution in [-0.4, -0.2) is 13.6 Å². The lowest BCUT2D eigenvalue weighted by Crippen LogP contribution is -2.25. The molecular weight excluding hydrogens is 212 g/mol. The fourth-order valence-corrected chi connectivity index (χ4v) is 1.55. The third-order valence-electron chi connectivity index (χ3n) is 2.50. The van der Waals surface area contributed by atoms with E-state index in [2.05, 4.69) is 5.32 Å². The van der Waals surface area contributed by atoms with Crippen molar-refractivity contribution in [2.45, 2.75) is 19.3 Å². The molecule has 0 unspecified atom stereocenters. The lowest BCUT2D eigenvalue weighted by Gasteiger charge is -2.14. The number of allylic oxidation sites excluding steroid dienone is 1. The number of para-hydroxylation sites is 1. The highest BCUT2D eigenvalue weighted by atomic mass is 15.4. The number of hydrazine groups is 1. The number of unbranched alkanes of at least 4 members (excludes halogenated alkanes) is 1. The van der Waals surface area contributed by atoms with E-state index in [1.165, 1.54) is 0 Å². The zero-order chi connectivity index (χ0) is 12.5. The first-order valence-corrected chi connectivity index (χ1v) is 5.94. The molecule has 0 radical (unpaired) electrons. The molecule has 1 aromatic carbocycles. The standard InChI is InChI=1S/C13H22N4/c1-16-10-6-5-7-12(14)11-17(15)13-8-3-2-4-9-13/h2-4,8-9,11,16H,5-7,10,14-15H2,1H3/b12-11-. The summed E-state index contributed by atoms with van der Waals surface area (Å²) in [5.74, 6) is 5.89. The van der Waals surface area contributed by atoms with E-state index in [1.54, 1.807) is 11.2 Å². The first-order chi connectivity index (χ1) is 8.24. The number of nitrogens with one attached hydrogen (secondary N) is 1. The van der Waals surface area contributed by atoms with Gasteiger partial charge in [-0.15, -0.1) is 0 Å². The summed E-state index contributed by atoms with van der Waals surface area (Å²) in [6, 6.07) is 9.76. The molecule has 0 amide bonds. The second-order valence-corrected chi connectivity index (χ2v) is 4.01. The molecule has 5 N–H and O–H groups in total. The van der Waals surface area contributed by atoms with E-state index in [0.29, 0.717) is 0 Å². The van der Waals surface area contributed by atoms with Crippen molar-refractivity contribution in [1.82, 2.24) is 5.32 Å². The smallest absolute Gasteiger partial charge is 0.0568 e. The van der Waals surface area contributed by atoms with Crippen LogP contribution in [0.25, 0.3) is 0 Å². The highest BCUT2D eigenvalue weighted by Gasteiger charge is 1.98. The van der Waals surface area contributed by atoms with Crippen molar-refractivity contribution in [3.8, 4) is 0 Å². The van der Waals surface area contributed by atoms with Gasteiger partial charge in [0.15, 0.2) is 0 Å². The second kappa shape index (κ2) is 7.70. The van der Waals surface area contributed by atoms with Gasteiger partial charge in [-0.05, 0) is 45.0 Å². The maximum Gasteiger partial charge on any atom is 0.0568 e. The summed E-state index contributed by atoms with van der Waals surface area (Å²) in [6.07, 6.45) is 4.86. The number of hydrogen-bond donors (Lipinski definition) is 3. The Bertz CT molecular complexity index is 335. The number of nitrogens with zero attached hydrogens (tertiary/aromatic N) is 1. The van der Waals surface area contributed by atoms with Crippen LogP contribution < -0.4 is 21.9 Å². The molecule has 0 heterocycles. The summed E-state index contributed by atoms with van der Waals surface area (Å²) < 4.78 is 0. The molecule has 0 bridgehead atoms. The van der Waals surface area contributed by atoms with Gasteiger partial charge in [-0.2, -0.15) is 0 Å². The molecule has 0 saturated carbocycles. The Labute approximate surface area is 103 Å². The Morgan fingerprint density at radius 3 is 2.65 bits per heavy atom. The first kappa shape index (κ1) is 13.5. The Hall–Kier alpha value is -1.52. The number of rotatable bonds is 7. The third kappa shape index (κ3) is 5.38. The van der Waals surface area contributed by atoms with Crippen molar-refractivity contribution < 1.29 is 0 Å². The fraction of sp³-hybridized carbons (Fsp3) is 0.385. The maximum atomic E-state index is 5.91. The Balaban J connectivity index is 2.40. The van der Waals surface area contributed by atoms with Crippen LogP contribution in [0.15, 0.2) is 42.2 Å². The first-order valence-electron chi connectivity index (χ1n) is 5.94. The molecule has 1 rings (SSSR count). The molecule has 17 heavy (non-hydrogen) atoms. The molecule has 4 nitrogen and oxygen atoms in total. The number of anilines is 1. The van der Waals surface area contributed by atoms with Gasteiger partial charge in [-0.1, -0.05) is 18.2 Å². The van der Waals surface area contributed by atoms with Crippen molar-refractivity contribution in [1.29, 1.82) is 0 Å².